The molecular formula is C21H39ClO6Si2. The van der Waals surface area contributed by atoms with Crippen molar-refractivity contribution >= 4 is 29.2 Å². The first-order valence-corrected chi connectivity index (χ1v) is 14.9. The Balaban J connectivity index is 3.67. The normalized spacial score (nSPS) is 12.7. The zero-order chi connectivity index (χ0) is 22.6. The van der Waals surface area contributed by atoms with E-state index in [4.69, 9.17) is 38.2 Å². The van der Waals surface area contributed by atoms with Crippen LogP contribution >= 0.6 is 11.6 Å². The number of hydrogen-bond donors (Lipinski definition) is 0. The summed E-state index contributed by atoms with van der Waals surface area (Å²) in [5, 5.41) is 0.406. The SMILES string of the molecule is CCO[Si](OCC)(OCC)C(Cc1ccc(Cl)cc1C)[Si](OCC)(OCC)OCC. The minimum Gasteiger partial charge on any atom is -0.374 e. The van der Waals surface area contributed by atoms with E-state index in [0.717, 1.165) is 11.1 Å². The molecule has 0 aromatic heterocycles. The first kappa shape index (κ1) is 27.7. The van der Waals surface area contributed by atoms with Gasteiger partial charge in [0.25, 0.3) is 0 Å². The first-order valence-electron chi connectivity index (χ1n) is 11.0. The fourth-order valence-corrected chi connectivity index (χ4v) is 12.2. The Morgan fingerprint density at radius 1 is 0.700 bits per heavy atom. The van der Waals surface area contributed by atoms with E-state index in [0.29, 0.717) is 51.1 Å². The summed E-state index contributed by atoms with van der Waals surface area (Å²) in [6, 6.07) is 5.90. The van der Waals surface area contributed by atoms with E-state index < -0.39 is 17.6 Å². The second-order valence-corrected chi connectivity index (χ2v) is 13.2. The minimum absolute atomic E-state index is 0.301. The molecule has 0 heterocycles. The number of aryl methyl sites for hydroxylation is 1. The summed E-state index contributed by atoms with van der Waals surface area (Å²) in [6.45, 7) is 16.6. The van der Waals surface area contributed by atoms with Crippen molar-refractivity contribution < 1.29 is 26.6 Å². The molecule has 0 N–H and O–H groups in total. The standard InChI is InChI=1S/C21H39ClO6Si2/c1-8-23-29(24-9-2,25-10-3)21(17-19-14-15-20(22)16-18(19)7)30(26-11-4,27-12-5)28-13-6/h14-16,21H,8-13,17H2,1-7H3. The lowest BCUT2D eigenvalue weighted by Crippen LogP contribution is -2.64. The highest BCUT2D eigenvalue weighted by Gasteiger charge is 2.65. The van der Waals surface area contributed by atoms with E-state index in [2.05, 4.69) is 6.92 Å². The molecule has 0 saturated carbocycles. The molecule has 0 amide bonds. The molecule has 1 aromatic carbocycles. The van der Waals surface area contributed by atoms with Crippen LogP contribution in [0.25, 0.3) is 0 Å². The van der Waals surface area contributed by atoms with Gasteiger partial charge in [-0.1, -0.05) is 17.7 Å². The zero-order valence-corrected chi connectivity index (χ0v) is 22.3. The van der Waals surface area contributed by atoms with Gasteiger partial charge in [0.05, 0.1) is 0 Å². The van der Waals surface area contributed by atoms with E-state index >= 15 is 0 Å². The Morgan fingerprint density at radius 3 is 1.37 bits per heavy atom. The average Bonchev–Trinajstić information content (AvgIpc) is 2.68. The Bertz CT molecular complexity index is 559. The van der Waals surface area contributed by atoms with Gasteiger partial charge in [-0.15, -0.1) is 0 Å². The van der Waals surface area contributed by atoms with Gasteiger partial charge in [-0.05, 0) is 78.1 Å². The second kappa shape index (κ2) is 14.0. The van der Waals surface area contributed by atoms with Crippen LogP contribution in [0.1, 0.15) is 52.7 Å². The van der Waals surface area contributed by atoms with Crippen molar-refractivity contribution in [3.8, 4) is 0 Å². The Labute approximate surface area is 189 Å². The van der Waals surface area contributed by atoms with Crippen LogP contribution < -0.4 is 0 Å². The van der Waals surface area contributed by atoms with Crippen molar-refractivity contribution in [2.45, 2.75) is 60.1 Å². The van der Waals surface area contributed by atoms with Crippen LogP contribution in [0.2, 0.25) is 10.2 Å². The topological polar surface area (TPSA) is 55.4 Å². The summed E-state index contributed by atoms with van der Waals surface area (Å²) in [7, 11) is -6.48. The van der Waals surface area contributed by atoms with E-state index in [1.54, 1.807) is 0 Å². The third-order valence-electron chi connectivity index (χ3n) is 4.66. The number of rotatable bonds is 16. The summed E-state index contributed by atoms with van der Waals surface area (Å²) in [6.07, 6.45) is 0.599. The molecule has 1 aromatic rings. The molecule has 1 rings (SSSR count). The van der Waals surface area contributed by atoms with E-state index in [1.807, 2.05) is 59.7 Å². The molecule has 0 aliphatic carbocycles. The lowest BCUT2D eigenvalue weighted by molar-refractivity contribution is 0.0325. The van der Waals surface area contributed by atoms with Crippen molar-refractivity contribution in [1.29, 1.82) is 0 Å². The summed E-state index contributed by atoms with van der Waals surface area (Å²) in [4.78, 5) is 0. The number of halogens is 1. The van der Waals surface area contributed by atoms with Crippen molar-refractivity contribution in [2.24, 2.45) is 0 Å². The van der Waals surface area contributed by atoms with Gasteiger partial charge in [-0.3, -0.25) is 0 Å². The Hall–Kier alpha value is -0.296. The van der Waals surface area contributed by atoms with E-state index in [-0.39, 0.29) is 5.16 Å². The van der Waals surface area contributed by atoms with Gasteiger partial charge in [-0.25, -0.2) is 0 Å². The van der Waals surface area contributed by atoms with E-state index in [1.165, 1.54) is 0 Å². The first-order chi connectivity index (χ1) is 14.4. The van der Waals surface area contributed by atoms with Gasteiger partial charge in [0.15, 0.2) is 0 Å². The highest BCUT2D eigenvalue weighted by Crippen LogP contribution is 2.40. The summed E-state index contributed by atoms with van der Waals surface area (Å²) in [5.41, 5.74) is 2.21. The van der Waals surface area contributed by atoms with Crippen LogP contribution in [0.4, 0.5) is 0 Å². The molecule has 0 radical (unpaired) electrons. The average molecular weight is 479 g/mol. The number of benzene rings is 1. The Kier molecular flexibility index (Phi) is 12.9. The van der Waals surface area contributed by atoms with Crippen LogP contribution in [0.3, 0.4) is 0 Å². The smallest absolute Gasteiger partial charge is 0.374 e. The maximum atomic E-state index is 6.32. The molecule has 6 nitrogen and oxygen atoms in total. The fourth-order valence-electron chi connectivity index (χ4n) is 3.64. The van der Waals surface area contributed by atoms with E-state index in [9.17, 15) is 0 Å². The summed E-state index contributed by atoms with van der Waals surface area (Å²) in [5.74, 6) is 0. The number of hydrogen-bond acceptors (Lipinski definition) is 6. The zero-order valence-electron chi connectivity index (χ0n) is 19.6. The highest BCUT2D eigenvalue weighted by molar-refractivity contribution is 6.82. The molecule has 0 spiro atoms. The largest absolute Gasteiger partial charge is 0.509 e. The highest BCUT2D eigenvalue weighted by atomic mass is 35.5. The van der Waals surface area contributed by atoms with Crippen LogP contribution in [0.5, 0.6) is 0 Å². The van der Waals surface area contributed by atoms with Crippen molar-refractivity contribution in [3.05, 3.63) is 34.3 Å². The van der Waals surface area contributed by atoms with Crippen LogP contribution in [0, 0.1) is 6.92 Å². The molecule has 0 aliphatic heterocycles. The molecule has 9 heteroatoms. The van der Waals surface area contributed by atoms with Gasteiger partial charge < -0.3 is 26.6 Å². The monoisotopic (exact) mass is 478 g/mol. The van der Waals surface area contributed by atoms with Crippen LogP contribution in [0.15, 0.2) is 18.2 Å². The lowest BCUT2D eigenvalue weighted by atomic mass is 10.1. The molecular weight excluding hydrogens is 440 g/mol. The van der Waals surface area contributed by atoms with Crippen LogP contribution in [-0.4, -0.2) is 57.3 Å². The van der Waals surface area contributed by atoms with Gasteiger partial charge in [0.2, 0.25) is 0 Å². The molecule has 0 fully saturated rings. The van der Waals surface area contributed by atoms with Crippen LogP contribution in [-0.2, 0) is 33.0 Å². The predicted molar refractivity (Wildman–Crippen MR) is 125 cm³/mol. The molecule has 0 aliphatic rings. The molecule has 0 bridgehead atoms. The third kappa shape index (κ3) is 7.11. The quantitative estimate of drug-likeness (QED) is 0.304. The summed E-state index contributed by atoms with van der Waals surface area (Å²) < 4.78 is 37.9. The molecule has 174 valence electrons. The fraction of sp³-hybridized carbons (Fsp3) is 0.714. The third-order valence-corrected chi connectivity index (χ3v) is 13.3. The van der Waals surface area contributed by atoms with Crippen molar-refractivity contribution in [3.63, 3.8) is 0 Å². The van der Waals surface area contributed by atoms with Gasteiger partial charge in [0, 0.05) is 44.7 Å². The predicted octanol–water partition coefficient (Wildman–Crippen LogP) is 5.20. The Morgan fingerprint density at radius 2 is 1.07 bits per heavy atom. The van der Waals surface area contributed by atoms with Crippen molar-refractivity contribution in [2.75, 3.05) is 39.6 Å². The van der Waals surface area contributed by atoms with Gasteiger partial charge in [0.1, 0.15) is 5.16 Å². The molecule has 0 atom stereocenters. The van der Waals surface area contributed by atoms with Gasteiger partial charge >= 0.3 is 17.6 Å². The minimum atomic E-state index is -3.24. The maximum absolute atomic E-state index is 6.32. The lowest BCUT2D eigenvalue weighted by Gasteiger charge is -2.42. The molecule has 30 heavy (non-hydrogen) atoms. The molecule has 0 unspecified atom stereocenters. The second-order valence-electron chi connectivity index (χ2n) is 6.63. The van der Waals surface area contributed by atoms with Crippen molar-refractivity contribution in [1.82, 2.24) is 0 Å². The van der Waals surface area contributed by atoms with Gasteiger partial charge in [-0.2, -0.15) is 0 Å². The maximum Gasteiger partial charge on any atom is 0.509 e. The summed E-state index contributed by atoms with van der Waals surface area (Å²) >= 11 is 6.20. The molecule has 0 saturated heterocycles.